The lowest BCUT2D eigenvalue weighted by molar-refractivity contribution is -0.115. The topological polar surface area (TPSA) is 85.5 Å². The van der Waals surface area contributed by atoms with E-state index in [1.165, 1.54) is 11.7 Å². The van der Waals surface area contributed by atoms with Gasteiger partial charge in [0.15, 0.2) is 0 Å². The molecule has 154 valence electrons. The Kier molecular flexibility index (Phi) is 12.1. The average Bonchev–Trinajstić information content (AvgIpc) is 2.70. The zero-order valence-corrected chi connectivity index (χ0v) is 17.5. The molecule has 1 aliphatic heterocycles. The molecule has 6 heteroatoms. The van der Waals surface area contributed by atoms with Gasteiger partial charge in [-0.2, -0.15) is 0 Å². The van der Waals surface area contributed by atoms with Crippen molar-refractivity contribution in [1.29, 1.82) is 5.41 Å². The van der Waals surface area contributed by atoms with Crippen LogP contribution in [0.4, 0.5) is 0 Å². The van der Waals surface area contributed by atoms with Crippen molar-refractivity contribution < 1.29 is 9.90 Å². The van der Waals surface area contributed by atoms with Crippen molar-refractivity contribution in [2.75, 3.05) is 13.2 Å². The number of amides is 1. The Morgan fingerprint density at radius 1 is 1.46 bits per heavy atom. The fourth-order valence-corrected chi connectivity index (χ4v) is 3.02. The van der Waals surface area contributed by atoms with Gasteiger partial charge in [-0.15, -0.1) is 0 Å². The Morgan fingerprint density at radius 2 is 2.25 bits per heavy atom. The van der Waals surface area contributed by atoms with Crippen molar-refractivity contribution in [1.82, 2.24) is 5.32 Å². The van der Waals surface area contributed by atoms with Crippen molar-refractivity contribution >= 4 is 29.4 Å². The molecule has 1 atom stereocenters. The normalized spacial score (nSPS) is 19.5. The number of rotatable bonds is 9. The molecule has 1 amide bonds. The molecule has 1 aliphatic rings. The van der Waals surface area contributed by atoms with Gasteiger partial charge in [-0.1, -0.05) is 49.2 Å². The summed E-state index contributed by atoms with van der Waals surface area (Å²) in [6.45, 7) is 6.82. The standard InChI is InChI=1S/C22H32ClN3O2/c1-3-20(10-13-27)26-22(28)21-15-19(14-18(16-24)9-7-11-23)17(2)8-5-4-6-12-25-21/h7,9,11,15-16,20,24,27H,2-6,8,10,12-14H2,1H3,(H,26,28)/b11-7+,18-9-,19-15-,24-16?,25-21?. The van der Waals surface area contributed by atoms with Gasteiger partial charge in [0.1, 0.15) is 5.71 Å². The van der Waals surface area contributed by atoms with Crippen LogP contribution >= 0.6 is 11.6 Å². The van der Waals surface area contributed by atoms with Crippen molar-refractivity contribution in [3.8, 4) is 0 Å². The van der Waals surface area contributed by atoms with E-state index in [0.717, 1.165) is 48.8 Å². The van der Waals surface area contributed by atoms with E-state index in [4.69, 9.17) is 22.1 Å². The number of nitrogens with one attached hydrogen (secondary N) is 2. The first-order valence-corrected chi connectivity index (χ1v) is 10.3. The van der Waals surface area contributed by atoms with Gasteiger partial charge in [0.25, 0.3) is 5.91 Å². The SMILES string of the molecule is C=C1CCCCCN=C(C(=O)NC(CC)CCO)/C=C\1C/C(C=N)=C/C=C/Cl. The molecule has 0 saturated carbocycles. The second-order valence-electron chi connectivity index (χ2n) is 6.82. The van der Waals surface area contributed by atoms with Crippen LogP contribution in [0.3, 0.4) is 0 Å². The number of hydrogen-bond donors (Lipinski definition) is 3. The maximum Gasteiger partial charge on any atom is 0.269 e. The van der Waals surface area contributed by atoms with Crippen LogP contribution in [0.2, 0.25) is 0 Å². The Morgan fingerprint density at radius 3 is 2.89 bits per heavy atom. The van der Waals surface area contributed by atoms with Crippen LogP contribution < -0.4 is 5.32 Å². The molecule has 1 unspecified atom stereocenters. The first-order chi connectivity index (χ1) is 13.5. The van der Waals surface area contributed by atoms with Crippen LogP contribution in [0.25, 0.3) is 0 Å². The number of carbonyl (C=O) groups is 1. The Hall–Kier alpha value is -1.98. The Labute approximate surface area is 173 Å². The summed E-state index contributed by atoms with van der Waals surface area (Å²) in [4.78, 5) is 17.3. The minimum absolute atomic E-state index is 0.0325. The third kappa shape index (κ3) is 8.81. The van der Waals surface area contributed by atoms with Crippen molar-refractivity contribution in [3.05, 3.63) is 47.1 Å². The van der Waals surface area contributed by atoms with Crippen molar-refractivity contribution in [2.24, 2.45) is 4.99 Å². The second-order valence-corrected chi connectivity index (χ2v) is 7.07. The summed E-state index contributed by atoms with van der Waals surface area (Å²) >= 11 is 5.59. The highest BCUT2D eigenvalue weighted by Crippen LogP contribution is 2.23. The Bertz CT molecular complexity index is 663. The molecule has 0 radical (unpaired) electrons. The molecule has 5 nitrogen and oxygen atoms in total. The summed E-state index contributed by atoms with van der Waals surface area (Å²) in [6.07, 6.45) is 12.2. The molecule has 1 rings (SSSR count). The van der Waals surface area contributed by atoms with Crippen LogP contribution in [-0.2, 0) is 4.79 Å². The van der Waals surface area contributed by atoms with Gasteiger partial charge in [-0.05, 0) is 55.7 Å². The van der Waals surface area contributed by atoms with E-state index >= 15 is 0 Å². The summed E-state index contributed by atoms with van der Waals surface area (Å²) in [5.74, 6) is -0.229. The molecule has 0 aliphatic carbocycles. The van der Waals surface area contributed by atoms with Gasteiger partial charge in [-0.3, -0.25) is 9.79 Å². The minimum Gasteiger partial charge on any atom is -0.396 e. The van der Waals surface area contributed by atoms with Gasteiger partial charge < -0.3 is 15.8 Å². The number of hydrogen-bond acceptors (Lipinski definition) is 4. The summed E-state index contributed by atoms with van der Waals surface area (Å²) < 4.78 is 0. The predicted molar refractivity (Wildman–Crippen MR) is 118 cm³/mol. The molecule has 28 heavy (non-hydrogen) atoms. The molecule has 0 fully saturated rings. The summed E-state index contributed by atoms with van der Waals surface area (Å²) in [7, 11) is 0. The molecule has 0 saturated heterocycles. The van der Waals surface area contributed by atoms with Crippen LogP contribution in [0.5, 0.6) is 0 Å². The third-order valence-corrected chi connectivity index (χ3v) is 4.83. The highest BCUT2D eigenvalue weighted by atomic mass is 35.5. The van der Waals surface area contributed by atoms with Gasteiger partial charge in [-0.25, -0.2) is 0 Å². The summed E-state index contributed by atoms with van der Waals surface area (Å²) in [5.41, 5.74) is 4.42. The van der Waals surface area contributed by atoms with Crippen LogP contribution in [0, 0.1) is 5.41 Å². The van der Waals surface area contributed by atoms with E-state index in [2.05, 4.69) is 16.9 Å². The fraction of sp³-hybridized carbons (Fsp3) is 0.500. The molecular weight excluding hydrogens is 374 g/mol. The maximum atomic E-state index is 12.8. The fourth-order valence-electron chi connectivity index (χ4n) is 2.94. The van der Waals surface area contributed by atoms with Crippen LogP contribution in [0.15, 0.2) is 52.1 Å². The van der Waals surface area contributed by atoms with Crippen molar-refractivity contribution in [2.45, 2.75) is 57.9 Å². The van der Waals surface area contributed by atoms with Crippen LogP contribution in [0.1, 0.15) is 51.9 Å². The molecular formula is C22H32ClN3O2. The Balaban J connectivity index is 3.17. The summed E-state index contributed by atoms with van der Waals surface area (Å²) in [6, 6.07) is -0.0819. The van der Waals surface area contributed by atoms with Crippen molar-refractivity contribution in [3.63, 3.8) is 0 Å². The largest absolute Gasteiger partial charge is 0.396 e. The first-order valence-electron chi connectivity index (χ1n) is 9.86. The highest BCUT2D eigenvalue weighted by Gasteiger charge is 2.17. The zero-order valence-electron chi connectivity index (χ0n) is 16.7. The molecule has 0 aromatic rings. The monoisotopic (exact) mass is 405 g/mol. The lowest BCUT2D eigenvalue weighted by atomic mass is 9.93. The maximum absolute atomic E-state index is 12.8. The average molecular weight is 406 g/mol. The predicted octanol–water partition coefficient (Wildman–Crippen LogP) is 4.48. The zero-order chi connectivity index (χ0) is 20.8. The quantitative estimate of drug-likeness (QED) is 0.390. The number of nitrogens with zero attached hydrogens (tertiary/aromatic N) is 1. The highest BCUT2D eigenvalue weighted by molar-refractivity contribution is 6.43. The van der Waals surface area contributed by atoms with Gasteiger partial charge >= 0.3 is 0 Å². The number of aliphatic hydroxyl groups is 1. The molecule has 0 aromatic heterocycles. The lowest BCUT2D eigenvalue weighted by Gasteiger charge is -2.18. The number of allylic oxidation sites excluding steroid dienone is 5. The van der Waals surface area contributed by atoms with Gasteiger partial charge in [0.05, 0.1) is 0 Å². The van der Waals surface area contributed by atoms with E-state index in [0.29, 0.717) is 25.1 Å². The van der Waals surface area contributed by atoms with E-state index in [1.807, 2.05) is 6.92 Å². The van der Waals surface area contributed by atoms with Gasteiger partial charge in [0.2, 0.25) is 0 Å². The van der Waals surface area contributed by atoms with Crippen LogP contribution in [-0.4, -0.2) is 42.1 Å². The van der Waals surface area contributed by atoms with E-state index in [9.17, 15) is 4.79 Å². The molecule has 0 spiro atoms. The smallest absolute Gasteiger partial charge is 0.269 e. The van der Waals surface area contributed by atoms with E-state index < -0.39 is 0 Å². The van der Waals surface area contributed by atoms with E-state index in [-0.39, 0.29) is 18.6 Å². The molecule has 1 heterocycles. The number of carbonyl (C=O) groups excluding carboxylic acids is 1. The second kappa shape index (κ2) is 14.1. The first kappa shape index (κ1) is 24.1. The lowest BCUT2D eigenvalue weighted by Crippen LogP contribution is -2.39. The minimum atomic E-state index is -0.229. The number of halogens is 1. The molecule has 0 bridgehead atoms. The van der Waals surface area contributed by atoms with E-state index in [1.54, 1.807) is 18.2 Å². The number of aliphatic imine (C=N–C) groups is 1. The third-order valence-electron chi connectivity index (χ3n) is 4.69. The summed E-state index contributed by atoms with van der Waals surface area (Å²) in [5, 5.41) is 19.8. The van der Waals surface area contributed by atoms with Gasteiger partial charge in [0, 0.05) is 30.9 Å². The number of aliphatic hydroxyl groups excluding tert-OH is 1. The molecule has 0 aromatic carbocycles. The molecule has 3 N–H and O–H groups in total.